The number of aldehydes is 1. The molecule has 0 radical (unpaired) electrons. The quantitative estimate of drug-likeness (QED) is 0.156. The summed E-state index contributed by atoms with van der Waals surface area (Å²) in [5.41, 5.74) is 0.719. The number of hydrogen-bond acceptors (Lipinski definition) is 6. The van der Waals surface area contributed by atoms with Crippen LogP contribution in [-0.4, -0.2) is 35.6 Å². The van der Waals surface area contributed by atoms with Crippen LogP contribution < -0.4 is 4.72 Å². The Labute approximate surface area is 232 Å². The van der Waals surface area contributed by atoms with E-state index in [0.717, 1.165) is 30.5 Å². The van der Waals surface area contributed by atoms with Gasteiger partial charge in [0.15, 0.2) is 12.1 Å². The van der Waals surface area contributed by atoms with E-state index in [2.05, 4.69) is 14.7 Å². The van der Waals surface area contributed by atoms with E-state index in [1.54, 1.807) is 24.3 Å². The molecule has 0 aliphatic heterocycles. The highest BCUT2D eigenvalue weighted by Gasteiger charge is 2.27. The van der Waals surface area contributed by atoms with E-state index in [9.17, 15) is 27.5 Å². The fourth-order valence-corrected chi connectivity index (χ4v) is 5.75. The van der Waals surface area contributed by atoms with Crippen LogP contribution in [0.3, 0.4) is 0 Å². The number of phenols is 1. The van der Waals surface area contributed by atoms with Crippen LogP contribution in [0.25, 0.3) is 22.2 Å². The number of carbonyl (C=O) groups excluding carboxylic acids is 2. The standard InChI is InChI=1S/C30H21F2N3O5S/c31-24-9-10-25(35-41(39,40)21-7-5-17(6-8-21)16-1-2-16)28(32)27(24)29(38)23-14-34-30-22(23)11-20(13-33-30)18-3-4-19(15-36)26(37)12-18/h3-16,35,37H,1-2H2,(H,33,34). The number of pyridine rings is 1. The molecule has 0 bridgehead atoms. The molecule has 0 spiro atoms. The Morgan fingerprint density at radius 1 is 1.02 bits per heavy atom. The van der Waals surface area contributed by atoms with E-state index in [-0.39, 0.29) is 32.8 Å². The molecule has 0 saturated heterocycles. The van der Waals surface area contributed by atoms with Gasteiger partial charge < -0.3 is 10.1 Å². The van der Waals surface area contributed by atoms with E-state index in [1.165, 1.54) is 36.7 Å². The van der Waals surface area contributed by atoms with Crippen LogP contribution in [0.1, 0.15) is 50.6 Å². The van der Waals surface area contributed by atoms with Crippen LogP contribution in [0.5, 0.6) is 5.75 Å². The first-order valence-electron chi connectivity index (χ1n) is 12.6. The molecule has 3 N–H and O–H groups in total. The first-order valence-corrected chi connectivity index (χ1v) is 14.1. The van der Waals surface area contributed by atoms with Crippen molar-refractivity contribution in [2.24, 2.45) is 0 Å². The van der Waals surface area contributed by atoms with Crippen molar-refractivity contribution in [1.82, 2.24) is 9.97 Å². The SMILES string of the molecule is O=Cc1ccc(-c2cnc3[nH]cc(C(=O)c4c(F)ccc(NS(=O)(=O)c5ccc(C6CC6)cc5)c4F)c3c2)cc1O. The highest BCUT2D eigenvalue weighted by Crippen LogP contribution is 2.40. The summed E-state index contributed by atoms with van der Waals surface area (Å²) in [6.07, 6.45) is 5.33. The van der Waals surface area contributed by atoms with Crippen LogP contribution in [0, 0.1) is 11.6 Å². The maximum Gasteiger partial charge on any atom is 0.261 e. The average Bonchev–Trinajstić information content (AvgIpc) is 3.73. The fourth-order valence-electron chi connectivity index (χ4n) is 4.69. The van der Waals surface area contributed by atoms with Crippen LogP contribution >= 0.6 is 0 Å². The number of aromatic nitrogens is 2. The zero-order valence-corrected chi connectivity index (χ0v) is 22.0. The number of halogens is 2. The summed E-state index contributed by atoms with van der Waals surface area (Å²) < 4.78 is 58.5. The van der Waals surface area contributed by atoms with Crippen molar-refractivity contribution >= 4 is 38.8 Å². The minimum Gasteiger partial charge on any atom is -0.507 e. The summed E-state index contributed by atoms with van der Waals surface area (Å²) in [7, 11) is -4.23. The maximum absolute atomic E-state index is 15.6. The van der Waals surface area contributed by atoms with E-state index in [1.807, 2.05) is 0 Å². The van der Waals surface area contributed by atoms with Gasteiger partial charge in [-0.05, 0) is 72.4 Å². The van der Waals surface area contributed by atoms with Gasteiger partial charge in [0, 0.05) is 28.9 Å². The van der Waals surface area contributed by atoms with Crippen molar-refractivity contribution in [1.29, 1.82) is 0 Å². The van der Waals surface area contributed by atoms with Crippen molar-refractivity contribution in [2.45, 2.75) is 23.7 Å². The van der Waals surface area contributed by atoms with Crippen LogP contribution in [0.4, 0.5) is 14.5 Å². The van der Waals surface area contributed by atoms with Gasteiger partial charge in [0.25, 0.3) is 10.0 Å². The Balaban J connectivity index is 1.34. The van der Waals surface area contributed by atoms with E-state index in [4.69, 9.17) is 0 Å². The third-order valence-corrected chi connectivity index (χ3v) is 8.45. The molecule has 11 heteroatoms. The molecule has 2 heterocycles. The second kappa shape index (κ2) is 9.93. The van der Waals surface area contributed by atoms with Crippen molar-refractivity contribution in [3.05, 3.63) is 107 Å². The summed E-state index contributed by atoms with van der Waals surface area (Å²) in [4.78, 5) is 31.4. The number of benzene rings is 3. The molecular weight excluding hydrogens is 552 g/mol. The monoisotopic (exact) mass is 573 g/mol. The van der Waals surface area contributed by atoms with Crippen LogP contribution in [-0.2, 0) is 10.0 Å². The van der Waals surface area contributed by atoms with Gasteiger partial charge in [0.2, 0.25) is 5.78 Å². The number of H-pyrrole nitrogens is 1. The molecule has 0 unspecified atom stereocenters. The zero-order chi connectivity index (χ0) is 28.9. The topological polar surface area (TPSA) is 129 Å². The third-order valence-electron chi connectivity index (χ3n) is 7.07. The molecule has 206 valence electrons. The number of ketones is 1. The number of hydrogen-bond donors (Lipinski definition) is 3. The largest absolute Gasteiger partial charge is 0.507 e. The van der Waals surface area contributed by atoms with Gasteiger partial charge in [0.05, 0.1) is 21.7 Å². The lowest BCUT2D eigenvalue weighted by Gasteiger charge is -2.12. The molecule has 0 amide bonds. The summed E-state index contributed by atoms with van der Waals surface area (Å²) >= 11 is 0. The molecule has 1 saturated carbocycles. The van der Waals surface area contributed by atoms with Gasteiger partial charge in [-0.25, -0.2) is 22.2 Å². The minimum absolute atomic E-state index is 0.0945. The number of fused-ring (bicyclic) bond motifs is 1. The van der Waals surface area contributed by atoms with E-state index in [0.29, 0.717) is 23.3 Å². The van der Waals surface area contributed by atoms with Gasteiger partial charge in [0.1, 0.15) is 17.2 Å². The lowest BCUT2D eigenvalue weighted by atomic mass is 9.99. The molecule has 6 rings (SSSR count). The minimum atomic E-state index is -4.23. The molecule has 5 aromatic rings. The molecule has 0 atom stereocenters. The van der Waals surface area contributed by atoms with E-state index < -0.39 is 38.7 Å². The number of rotatable bonds is 8. The van der Waals surface area contributed by atoms with Crippen molar-refractivity contribution in [2.75, 3.05) is 4.72 Å². The average molecular weight is 574 g/mol. The summed E-state index contributed by atoms with van der Waals surface area (Å²) in [6, 6.07) is 13.9. The normalized spacial score (nSPS) is 13.3. The summed E-state index contributed by atoms with van der Waals surface area (Å²) in [6.45, 7) is 0. The van der Waals surface area contributed by atoms with Gasteiger partial charge in [-0.15, -0.1) is 0 Å². The summed E-state index contributed by atoms with van der Waals surface area (Å²) in [5, 5.41) is 10.3. The predicted octanol–water partition coefficient (Wildman–Crippen LogP) is 5.94. The van der Waals surface area contributed by atoms with Crippen molar-refractivity contribution in [3.8, 4) is 16.9 Å². The van der Waals surface area contributed by atoms with Crippen LogP contribution in [0.15, 0.2) is 78.0 Å². The lowest BCUT2D eigenvalue weighted by molar-refractivity contribution is 0.103. The number of carbonyl (C=O) groups is 2. The van der Waals surface area contributed by atoms with Gasteiger partial charge >= 0.3 is 0 Å². The first kappa shape index (κ1) is 26.3. The van der Waals surface area contributed by atoms with Gasteiger partial charge in [-0.1, -0.05) is 18.2 Å². The summed E-state index contributed by atoms with van der Waals surface area (Å²) in [5.74, 6) is -3.38. The second-order valence-corrected chi connectivity index (χ2v) is 11.5. The molecule has 3 aromatic carbocycles. The predicted molar refractivity (Wildman–Crippen MR) is 148 cm³/mol. The number of aromatic amines is 1. The highest BCUT2D eigenvalue weighted by atomic mass is 32.2. The molecule has 1 aliphatic rings. The number of aromatic hydroxyl groups is 1. The smallest absolute Gasteiger partial charge is 0.261 e. The Morgan fingerprint density at radius 3 is 2.46 bits per heavy atom. The van der Waals surface area contributed by atoms with Gasteiger partial charge in [-0.3, -0.25) is 14.3 Å². The number of phenolic OH excluding ortho intramolecular Hbond substituents is 1. The molecule has 8 nitrogen and oxygen atoms in total. The lowest BCUT2D eigenvalue weighted by Crippen LogP contribution is -2.16. The Morgan fingerprint density at radius 2 is 1.78 bits per heavy atom. The Hall–Kier alpha value is -4.90. The molecule has 1 fully saturated rings. The van der Waals surface area contributed by atoms with E-state index >= 15 is 4.39 Å². The Kier molecular flexibility index (Phi) is 6.38. The van der Waals surface area contributed by atoms with Crippen molar-refractivity contribution in [3.63, 3.8) is 0 Å². The molecular formula is C30H21F2N3O5S. The Bertz CT molecular complexity index is 1970. The number of nitrogens with one attached hydrogen (secondary N) is 2. The van der Waals surface area contributed by atoms with Gasteiger partial charge in [-0.2, -0.15) is 0 Å². The third kappa shape index (κ3) is 4.84. The fraction of sp³-hybridized carbons (Fsp3) is 0.100. The second-order valence-electron chi connectivity index (χ2n) is 9.78. The first-order chi connectivity index (χ1) is 19.7. The number of anilines is 1. The number of sulfonamides is 1. The molecule has 1 aliphatic carbocycles. The zero-order valence-electron chi connectivity index (χ0n) is 21.2. The van der Waals surface area contributed by atoms with Crippen molar-refractivity contribution < 1.29 is 31.9 Å². The van der Waals surface area contributed by atoms with Crippen LogP contribution in [0.2, 0.25) is 0 Å². The maximum atomic E-state index is 15.6. The number of nitrogens with zero attached hydrogens (tertiary/aromatic N) is 1. The molecule has 41 heavy (non-hydrogen) atoms. The molecule has 2 aromatic heterocycles. The highest BCUT2D eigenvalue weighted by molar-refractivity contribution is 7.92.